The fraction of sp³-hybridized carbons (Fsp3) is 0.500. The number of nitrogens with zero attached hydrogens (tertiary/aromatic N) is 3. The first-order valence-corrected chi connectivity index (χ1v) is 6.08. The summed E-state index contributed by atoms with van der Waals surface area (Å²) in [5, 5.41) is 19.8. The van der Waals surface area contributed by atoms with Gasteiger partial charge >= 0.3 is 11.7 Å². The van der Waals surface area contributed by atoms with E-state index < -0.39 is 10.9 Å². The first-order chi connectivity index (χ1) is 8.99. The molecule has 0 aliphatic heterocycles. The Morgan fingerprint density at radius 3 is 2.84 bits per heavy atom. The van der Waals surface area contributed by atoms with Crippen LogP contribution in [-0.2, 0) is 4.79 Å². The molecule has 1 aliphatic carbocycles. The largest absolute Gasteiger partial charge is 0.481 e. The molecule has 1 heterocycles. The maximum Gasteiger partial charge on any atom is 0.311 e. The van der Waals surface area contributed by atoms with Crippen LogP contribution in [0.25, 0.3) is 0 Å². The number of anilines is 1. The molecule has 2 rings (SSSR count). The summed E-state index contributed by atoms with van der Waals surface area (Å²) in [6.07, 6.45) is 3.36. The number of aliphatic carboxylic acids is 1. The van der Waals surface area contributed by atoms with Crippen molar-refractivity contribution in [2.24, 2.45) is 0 Å². The van der Waals surface area contributed by atoms with Gasteiger partial charge in [-0.25, -0.2) is 4.98 Å². The van der Waals surface area contributed by atoms with Crippen molar-refractivity contribution in [3.63, 3.8) is 0 Å². The van der Waals surface area contributed by atoms with Crippen molar-refractivity contribution in [3.05, 3.63) is 27.9 Å². The van der Waals surface area contributed by atoms with Crippen LogP contribution in [0.2, 0.25) is 0 Å². The highest BCUT2D eigenvalue weighted by molar-refractivity contribution is 5.68. The van der Waals surface area contributed by atoms with E-state index in [0.717, 1.165) is 12.8 Å². The van der Waals surface area contributed by atoms with Crippen molar-refractivity contribution in [2.45, 2.75) is 32.2 Å². The Morgan fingerprint density at radius 1 is 1.63 bits per heavy atom. The zero-order valence-electron chi connectivity index (χ0n) is 10.6. The molecule has 7 nitrogen and oxygen atoms in total. The third-order valence-corrected chi connectivity index (χ3v) is 3.01. The van der Waals surface area contributed by atoms with Crippen LogP contribution in [0, 0.1) is 17.0 Å². The van der Waals surface area contributed by atoms with Crippen LogP contribution < -0.4 is 4.90 Å². The normalized spacial score (nSPS) is 14.2. The van der Waals surface area contributed by atoms with Crippen LogP contribution in [0.5, 0.6) is 0 Å². The van der Waals surface area contributed by atoms with E-state index in [1.54, 1.807) is 18.0 Å². The van der Waals surface area contributed by atoms with Crippen LogP contribution in [0.3, 0.4) is 0 Å². The van der Waals surface area contributed by atoms with Gasteiger partial charge in [-0.2, -0.15) is 0 Å². The number of aryl methyl sites for hydroxylation is 1. The Bertz CT molecular complexity index is 514. The van der Waals surface area contributed by atoms with E-state index in [-0.39, 0.29) is 30.5 Å². The third-order valence-electron chi connectivity index (χ3n) is 3.01. The van der Waals surface area contributed by atoms with Crippen LogP contribution >= 0.6 is 0 Å². The maximum atomic E-state index is 11.1. The first kappa shape index (κ1) is 13.3. The number of carbonyl (C=O) groups is 1. The summed E-state index contributed by atoms with van der Waals surface area (Å²) in [5.74, 6) is -0.639. The van der Waals surface area contributed by atoms with Gasteiger partial charge in [0, 0.05) is 24.8 Å². The van der Waals surface area contributed by atoms with Gasteiger partial charge in [0.1, 0.15) is 0 Å². The van der Waals surface area contributed by atoms with Gasteiger partial charge in [-0.15, -0.1) is 0 Å². The maximum absolute atomic E-state index is 11.1. The van der Waals surface area contributed by atoms with Gasteiger partial charge < -0.3 is 10.0 Å². The Morgan fingerprint density at radius 2 is 2.32 bits per heavy atom. The highest BCUT2D eigenvalue weighted by Gasteiger charge is 2.34. The summed E-state index contributed by atoms with van der Waals surface area (Å²) in [5.41, 5.74) is 0.654. The number of carboxylic acid groups (broad SMARTS) is 1. The van der Waals surface area contributed by atoms with Crippen molar-refractivity contribution >= 4 is 17.5 Å². The van der Waals surface area contributed by atoms with E-state index in [2.05, 4.69) is 4.98 Å². The number of nitro groups is 1. The molecule has 7 heteroatoms. The molecule has 1 aliphatic rings. The number of rotatable bonds is 6. The second-order valence-electron chi connectivity index (χ2n) is 4.68. The summed E-state index contributed by atoms with van der Waals surface area (Å²) in [7, 11) is 0. The molecule has 1 N–H and O–H groups in total. The number of hydrogen-bond acceptors (Lipinski definition) is 5. The zero-order chi connectivity index (χ0) is 14.0. The number of hydrogen-bond donors (Lipinski definition) is 1. The second-order valence-corrected chi connectivity index (χ2v) is 4.68. The molecule has 0 radical (unpaired) electrons. The van der Waals surface area contributed by atoms with Gasteiger partial charge in [-0.1, -0.05) is 0 Å². The lowest BCUT2D eigenvalue weighted by molar-refractivity contribution is -0.384. The van der Waals surface area contributed by atoms with Gasteiger partial charge in [0.25, 0.3) is 0 Å². The van der Waals surface area contributed by atoms with Crippen molar-refractivity contribution in [2.75, 3.05) is 11.4 Å². The van der Waals surface area contributed by atoms with Gasteiger partial charge in [0.15, 0.2) is 0 Å². The quantitative estimate of drug-likeness (QED) is 0.621. The van der Waals surface area contributed by atoms with E-state index in [9.17, 15) is 14.9 Å². The molecule has 0 atom stereocenters. The molecule has 0 aromatic carbocycles. The highest BCUT2D eigenvalue weighted by atomic mass is 16.6. The Labute approximate surface area is 110 Å². The van der Waals surface area contributed by atoms with Gasteiger partial charge in [0.05, 0.1) is 11.3 Å². The van der Waals surface area contributed by atoms with Gasteiger partial charge in [-0.3, -0.25) is 14.9 Å². The Balaban J connectivity index is 2.30. The minimum absolute atomic E-state index is 0.0524. The lowest BCUT2D eigenvalue weighted by Crippen LogP contribution is -2.30. The number of aromatic nitrogens is 1. The van der Waals surface area contributed by atoms with E-state index in [0.29, 0.717) is 5.56 Å². The predicted octanol–water partition coefficient (Wildman–Crippen LogP) is 1.74. The molecule has 0 unspecified atom stereocenters. The summed E-state index contributed by atoms with van der Waals surface area (Å²) < 4.78 is 0. The van der Waals surface area contributed by atoms with E-state index >= 15 is 0 Å². The SMILES string of the molecule is Cc1cnc(N(CCC(=O)O)C2CC2)c([N+](=O)[O-])c1. The van der Waals surface area contributed by atoms with Crippen LogP contribution in [0.15, 0.2) is 12.3 Å². The fourth-order valence-corrected chi connectivity index (χ4v) is 1.97. The second kappa shape index (κ2) is 5.21. The molecule has 0 saturated heterocycles. The highest BCUT2D eigenvalue weighted by Crippen LogP contribution is 2.35. The predicted molar refractivity (Wildman–Crippen MR) is 68.2 cm³/mol. The van der Waals surface area contributed by atoms with Crippen molar-refractivity contribution in [1.82, 2.24) is 4.98 Å². The third kappa shape index (κ3) is 3.18. The van der Waals surface area contributed by atoms with E-state index in [1.165, 1.54) is 6.07 Å². The molecule has 1 aromatic heterocycles. The minimum atomic E-state index is -0.916. The van der Waals surface area contributed by atoms with Crippen LogP contribution in [0.1, 0.15) is 24.8 Å². The molecule has 102 valence electrons. The molecule has 0 bridgehead atoms. The molecule has 19 heavy (non-hydrogen) atoms. The summed E-state index contributed by atoms with van der Waals surface area (Å²) >= 11 is 0. The van der Waals surface area contributed by atoms with Crippen molar-refractivity contribution in [1.29, 1.82) is 0 Å². The molecule has 0 spiro atoms. The molecule has 0 amide bonds. The topological polar surface area (TPSA) is 96.6 Å². The average molecular weight is 265 g/mol. The summed E-state index contributed by atoms with van der Waals surface area (Å²) in [4.78, 5) is 27.2. The first-order valence-electron chi connectivity index (χ1n) is 6.08. The minimum Gasteiger partial charge on any atom is -0.481 e. The lowest BCUT2D eigenvalue weighted by Gasteiger charge is -2.22. The molecule has 1 fully saturated rings. The lowest BCUT2D eigenvalue weighted by atomic mass is 10.2. The smallest absolute Gasteiger partial charge is 0.311 e. The van der Waals surface area contributed by atoms with E-state index in [4.69, 9.17) is 5.11 Å². The average Bonchev–Trinajstić information content (AvgIpc) is 3.14. The van der Waals surface area contributed by atoms with Crippen molar-refractivity contribution < 1.29 is 14.8 Å². The number of pyridine rings is 1. The molecule has 1 aromatic rings. The summed E-state index contributed by atoms with van der Waals surface area (Å²) in [6, 6.07) is 1.65. The molecule has 1 saturated carbocycles. The summed E-state index contributed by atoms with van der Waals surface area (Å²) in [6.45, 7) is 1.99. The van der Waals surface area contributed by atoms with Crippen molar-refractivity contribution in [3.8, 4) is 0 Å². The van der Waals surface area contributed by atoms with Gasteiger partial charge in [-0.05, 0) is 25.3 Å². The molecular formula is C12H15N3O4. The molecular weight excluding hydrogens is 250 g/mol. The van der Waals surface area contributed by atoms with Crippen LogP contribution in [-0.4, -0.2) is 33.6 Å². The standard InChI is InChI=1S/C12H15N3O4/c1-8-6-10(15(18)19)12(13-7-8)14(9-2-3-9)5-4-11(16)17/h6-7,9H,2-5H2,1H3,(H,16,17). The number of carboxylic acids is 1. The van der Waals surface area contributed by atoms with Gasteiger partial charge in [0.2, 0.25) is 5.82 Å². The van der Waals surface area contributed by atoms with E-state index in [1.807, 2.05) is 0 Å². The fourth-order valence-electron chi connectivity index (χ4n) is 1.97. The van der Waals surface area contributed by atoms with Crippen LogP contribution in [0.4, 0.5) is 11.5 Å². The Hall–Kier alpha value is -2.18. The monoisotopic (exact) mass is 265 g/mol. The zero-order valence-corrected chi connectivity index (χ0v) is 10.6. The Kier molecular flexibility index (Phi) is 3.64.